The highest BCUT2D eigenvalue weighted by atomic mass is 16.5. The summed E-state index contributed by atoms with van der Waals surface area (Å²) >= 11 is 0. The van der Waals surface area contributed by atoms with E-state index in [-0.39, 0.29) is 18.4 Å². The van der Waals surface area contributed by atoms with Crippen molar-refractivity contribution in [1.82, 2.24) is 4.90 Å². The average Bonchev–Trinajstić information content (AvgIpc) is 3.02. The van der Waals surface area contributed by atoms with Gasteiger partial charge in [0.1, 0.15) is 17.9 Å². The van der Waals surface area contributed by atoms with Crippen molar-refractivity contribution in [3.8, 4) is 5.75 Å². The van der Waals surface area contributed by atoms with E-state index in [1.54, 1.807) is 16.9 Å². The number of nitrogens with zero attached hydrogens (tertiary/aromatic N) is 2. The number of amides is 2. The van der Waals surface area contributed by atoms with Gasteiger partial charge in [-0.05, 0) is 31.9 Å². The van der Waals surface area contributed by atoms with E-state index in [4.69, 9.17) is 9.47 Å². The molecule has 2 fully saturated rings. The first-order valence-electron chi connectivity index (χ1n) is 7.92. The number of methoxy groups -OCH3 is 1. The van der Waals surface area contributed by atoms with Gasteiger partial charge in [-0.2, -0.15) is 0 Å². The minimum atomic E-state index is -0.771. The second-order valence-electron chi connectivity index (χ2n) is 6.13. The van der Waals surface area contributed by atoms with E-state index >= 15 is 0 Å². The number of rotatable bonds is 3. The second-order valence-corrected chi connectivity index (χ2v) is 6.13. The van der Waals surface area contributed by atoms with Gasteiger partial charge in [-0.25, -0.2) is 0 Å². The first-order chi connectivity index (χ1) is 11.0. The van der Waals surface area contributed by atoms with Crippen LogP contribution in [-0.4, -0.2) is 55.7 Å². The average molecular weight is 318 g/mol. The summed E-state index contributed by atoms with van der Waals surface area (Å²) in [6, 6.07) is 7.42. The number of hydrogen-bond acceptors (Lipinski definition) is 4. The van der Waals surface area contributed by atoms with E-state index < -0.39 is 5.60 Å². The Morgan fingerprint density at radius 3 is 2.74 bits per heavy atom. The lowest BCUT2D eigenvalue weighted by Gasteiger charge is -2.38. The third kappa shape index (κ3) is 2.91. The highest BCUT2D eigenvalue weighted by Crippen LogP contribution is 2.31. The lowest BCUT2D eigenvalue weighted by Crippen LogP contribution is -2.57. The molecule has 6 heteroatoms. The first-order valence-corrected chi connectivity index (χ1v) is 7.92. The molecule has 0 saturated carbocycles. The van der Waals surface area contributed by atoms with Gasteiger partial charge < -0.3 is 19.3 Å². The van der Waals surface area contributed by atoms with E-state index in [0.717, 1.165) is 12.1 Å². The number of carbonyl (C=O) groups is 2. The van der Waals surface area contributed by atoms with Gasteiger partial charge in [0.15, 0.2) is 0 Å². The largest absolute Gasteiger partial charge is 0.495 e. The molecule has 2 saturated heterocycles. The quantitative estimate of drug-likeness (QED) is 0.846. The molecule has 1 aromatic carbocycles. The Balaban J connectivity index is 1.73. The van der Waals surface area contributed by atoms with E-state index in [0.29, 0.717) is 31.9 Å². The summed E-state index contributed by atoms with van der Waals surface area (Å²) < 4.78 is 10.9. The standard InChI is InChI=1S/C17H22N2O4/c1-17(8-5-11-23-17)16(21)18-9-10-19(15(20)12-18)13-6-3-4-7-14(13)22-2/h3-4,6-7H,5,8-12H2,1-2H3/t17-/m1/s1. The van der Waals surface area contributed by atoms with E-state index in [1.807, 2.05) is 31.2 Å². The third-order valence-corrected chi connectivity index (χ3v) is 4.56. The van der Waals surface area contributed by atoms with Crippen LogP contribution in [0.1, 0.15) is 19.8 Å². The van der Waals surface area contributed by atoms with Gasteiger partial charge in [-0.1, -0.05) is 12.1 Å². The summed E-state index contributed by atoms with van der Waals surface area (Å²) in [4.78, 5) is 28.5. The predicted molar refractivity (Wildman–Crippen MR) is 85.5 cm³/mol. The van der Waals surface area contributed by atoms with Crippen LogP contribution < -0.4 is 9.64 Å². The fraction of sp³-hybridized carbons (Fsp3) is 0.529. The molecule has 124 valence electrons. The monoisotopic (exact) mass is 318 g/mol. The molecule has 2 amide bonds. The lowest BCUT2D eigenvalue weighted by molar-refractivity contribution is -0.153. The molecule has 23 heavy (non-hydrogen) atoms. The molecule has 1 atom stereocenters. The molecule has 2 aliphatic rings. The van der Waals surface area contributed by atoms with Crippen LogP contribution in [0.4, 0.5) is 5.69 Å². The molecular formula is C17H22N2O4. The van der Waals surface area contributed by atoms with Crippen LogP contribution in [0.15, 0.2) is 24.3 Å². The molecule has 1 aromatic rings. The minimum Gasteiger partial charge on any atom is -0.495 e. The van der Waals surface area contributed by atoms with Crippen LogP contribution in [-0.2, 0) is 14.3 Å². The van der Waals surface area contributed by atoms with Crippen LogP contribution in [0, 0.1) is 0 Å². The van der Waals surface area contributed by atoms with Crippen LogP contribution >= 0.6 is 0 Å². The van der Waals surface area contributed by atoms with Crippen LogP contribution in [0.2, 0.25) is 0 Å². The van der Waals surface area contributed by atoms with Gasteiger partial charge in [0, 0.05) is 19.7 Å². The maximum absolute atomic E-state index is 12.6. The number of ether oxygens (including phenoxy) is 2. The minimum absolute atomic E-state index is 0.0792. The molecule has 0 bridgehead atoms. The second kappa shape index (κ2) is 6.20. The normalized spacial score (nSPS) is 24.9. The van der Waals surface area contributed by atoms with Crippen molar-refractivity contribution in [2.45, 2.75) is 25.4 Å². The fourth-order valence-corrected chi connectivity index (χ4v) is 3.24. The summed E-state index contributed by atoms with van der Waals surface area (Å²) in [7, 11) is 1.58. The Labute approximate surface area is 136 Å². The Morgan fingerprint density at radius 2 is 2.09 bits per heavy atom. The van der Waals surface area contributed by atoms with Crippen molar-refractivity contribution in [1.29, 1.82) is 0 Å². The molecule has 0 N–H and O–H groups in total. The molecule has 0 radical (unpaired) electrons. The first kappa shape index (κ1) is 15.8. The molecule has 0 unspecified atom stereocenters. The molecule has 3 rings (SSSR count). The van der Waals surface area contributed by atoms with Gasteiger partial charge in [-0.3, -0.25) is 9.59 Å². The number of hydrogen-bond donors (Lipinski definition) is 0. The summed E-state index contributed by atoms with van der Waals surface area (Å²) in [6.45, 7) is 3.47. The molecule has 0 spiro atoms. The molecular weight excluding hydrogens is 296 g/mol. The van der Waals surface area contributed by atoms with Crippen LogP contribution in [0.5, 0.6) is 5.75 Å². The van der Waals surface area contributed by atoms with E-state index in [2.05, 4.69) is 0 Å². The zero-order valence-electron chi connectivity index (χ0n) is 13.6. The fourth-order valence-electron chi connectivity index (χ4n) is 3.24. The predicted octanol–water partition coefficient (Wildman–Crippen LogP) is 1.44. The Hall–Kier alpha value is -2.08. The Kier molecular flexibility index (Phi) is 4.26. The highest BCUT2D eigenvalue weighted by Gasteiger charge is 2.42. The van der Waals surface area contributed by atoms with Crippen molar-refractivity contribution in [2.24, 2.45) is 0 Å². The van der Waals surface area contributed by atoms with Crippen LogP contribution in [0.25, 0.3) is 0 Å². The van der Waals surface area contributed by atoms with Crippen molar-refractivity contribution in [2.75, 3.05) is 38.3 Å². The van der Waals surface area contributed by atoms with Gasteiger partial charge in [0.25, 0.3) is 5.91 Å². The van der Waals surface area contributed by atoms with Crippen LogP contribution in [0.3, 0.4) is 0 Å². The van der Waals surface area contributed by atoms with E-state index in [9.17, 15) is 9.59 Å². The number of carbonyl (C=O) groups excluding carboxylic acids is 2. The lowest BCUT2D eigenvalue weighted by atomic mass is 10.0. The third-order valence-electron chi connectivity index (χ3n) is 4.56. The zero-order chi connectivity index (χ0) is 16.4. The molecule has 6 nitrogen and oxygen atoms in total. The Bertz CT molecular complexity index is 610. The van der Waals surface area contributed by atoms with Gasteiger partial charge in [0.05, 0.1) is 12.8 Å². The molecule has 2 aliphatic heterocycles. The molecule has 0 aliphatic carbocycles. The maximum atomic E-state index is 12.6. The summed E-state index contributed by atoms with van der Waals surface area (Å²) in [5, 5.41) is 0. The number of anilines is 1. The van der Waals surface area contributed by atoms with Gasteiger partial charge in [0.2, 0.25) is 5.91 Å². The number of para-hydroxylation sites is 2. The molecule has 0 aromatic heterocycles. The Morgan fingerprint density at radius 1 is 1.30 bits per heavy atom. The van der Waals surface area contributed by atoms with Crippen molar-refractivity contribution < 1.29 is 19.1 Å². The maximum Gasteiger partial charge on any atom is 0.255 e. The SMILES string of the molecule is COc1ccccc1N1CCN(C(=O)[C@@]2(C)CCCO2)CC1=O. The number of benzene rings is 1. The smallest absolute Gasteiger partial charge is 0.255 e. The van der Waals surface area contributed by atoms with Gasteiger partial charge in [-0.15, -0.1) is 0 Å². The van der Waals surface area contributed by atoms with Crippen molar-refractivity contribution in [3.63, 3.8) is 0 Å². The van der Waals surface area contributed by atoms with Crippen molar-refractivity contribution in [3.05, 3.63) is 24.3 Å². The summed E-state index contributed by atoms with van der Waals surface area (Å²) in [5.74, 6) is 0.477. The topological polar surface area (TPSA) is 59.1 Å². The zero-order valence-corrected chi connectivity index (χ0v) is 13.6. The summed E-state index contributed by atoms with van der Waals surface area (Å²) in [6.07, 6.45) is 1.60. The number of piperazine rings is 1. The summed E-state index contributed by atoms with van der Waals surface area (Å²) in [5.41, 5.74) is -0.0252. The van der Waals surface area contributed by atoms with Gasteiger partial charge >= 0.3 is 0 Å². The van der Waals surface area contributed by atoms with Crippen molar-refractivity contribution >= 4 is 17.5 Å². The van der Waals surface area contributed by atoms with E-state index in [1.165, 1.54) is 0 Å². The molecule has 2 heterocycles. The highest BCUT2D eigenvalue weighted by molar-refractivity contribution is 6.00.